The zero-order valence-corrected chi connectivity index (χ0v) is 11.8. The Labute approximate surface area is 123 Å². The number of hydrogen-bond donors (Lipinski definition) is 2. The van der Waals surface area contributed by atoms with Crippen molar-refractivity contribution in [2.75, 3.05) is 13.2 Å². The zero-order chi connectivity index (χ0) is 15.7. The minimum Gasteiger partial charge on any atom is -0.452 e. The van der Waals surface area contributed by atoms with E-state index in [9.17, 15) is 14.4 Å². The minimum atomic E-state index is -0.574. The summed E-state index contributed by atoms with van der Waals surface area (Å²) < 4.78 is 4.87. The van der Waals surface area contributed by atoms with Gasteiger partial charge in [-0.25, -0.2) is 4.79 Å². The fourth-order valence-corrected chi connectivity index (χ4v) is 1.44. The van der Waals surface area contributed by atoms with Crippen LogP contribution < -0.4 is 10.6 Å². The molecule has 0 atom stereocenters. The van der Waals surface area contributed by atoms with E-state index in [1.165, 1.54) is 13.0 Å². The van der Waals surface area contributed by atoms with Gasteiger partial charge in [0.05, 0.1) is 5.56 Å². The first kappa shape index (κ1) is 16.4. The number of ether oxygens (including phenoxy) is 1. The molecule has 0 aliphatic rings. The first-order valence-corrected chi connectivity index (χ1v) is 6.41. The van der Waals surface area contributed by atoms with Crippen molar-refractivity contribution in [2.45, 2.75) is 13.5 Å². The molecule has 0 radical (unpaired) electrons. The Morgan fingerprint density at radius 3 is 2.43 bits per heavy atom. The molecule has 0 fully saturated rings. The van der Waals surface area contributed by atoms with E-state index in [0.717, 1.165) is 5.56 Å². The lowest BCUT2D eigenvalue weighted by Gasteiger charge is -2.06. The standard InChI is InChI=1S/C15H18N2O4/c1-3-8-16-14(19)10-21-15(20)13-6-4-12(5-7-13)9-17-11(2)18/h3-7H,1,8-10H2,2H3,(H,16,19)(H,17,18). The predicted octanol–water partition coefficient (Wildman–Crippen LogP) is 0.782. The Morgan fingerprint density at radius 1 is 1.19 bits per heavy atom. The van der Waals surface area contributed by atoms with E-state index < -0.39 is 5.97 Å². The van der Waals surface area contributed by atoms with Crippen molar-refractivity contribution in [1.82, 2.24) is 10.6 Å². The van der Waals surface area contributed by atoms with Crippen LogP contribution in [0.1, 0.15) is 22.8 Å². The van der Waals surface area contributed by atoms with Crippen LogP contribution in [0.4, 0.5) is 0 Å². The van der Waals surface area contributed by atoms with Gasteiger partial charge in [-0.2, -0.15) is 0 Å². The smallest absolute Gasteiger partial charge is 0.338 e. The van der Waals surface area contributed by atoms with Gasteiger partial charge in [-0.3, -0.25) is 9.59 Å². The fourth-order valence-electron chi connectivity index (χ4n) is 1.44. The molecule has 2 amide bonds. The van der Waals surface area contributed by atoms with E-state index in [2.05, 4.69) is 17.2 Å². The van der Waals surface area contributed by atoms with E-state index in [0.29, 0.717) is 18.7 Å². The van der Waals surface area contributed by atoms with Crippen LogP contribution in [0, 0.1) is 0 Å². The summed E-state index contributed by atoms with van der Waals surface area (Å²) >= 11 is 0. The summed E-state index contributed by atoms with van der Waals surface area (Å²) in [5.41, 5.74) is 1.21. The highest BCUT2D eigenvalue weighted by atomic mass is 16.5. The molecule has 1 aromatic rings. The van der Waals surface area contributed by atoms with Crippen molar-refractivity contribution in [3.63, 3.8) is 0 Å². The molecule has 1 aromatic carbocycles. The minimum absolute atomic E-state index is 0.121. The van der Waals surface area contributed by atoms with Gasteiger partial charge in [0, 0.05) is 20.0 Å². The molecule has 0 unspecified atom stereocenters. The first-order valence-electron chi connectivity index (χ1n) is 6.41. The number of carbonyl (C=O) groups excluding carboxylic acids is 3. The van der Waals surface area contributed by atoms with E-state index >= 15 is 0 Å². The van der Waals surface area contributed by atoms with Crippen LogP contribution in [0.15, 0.2) is 36.9 Å². The van der Waals surface area contributed by atoms with E-state index in [4.69, 9.17) is 4.74 Å². The summed E-state index contributed by atoms with van der Waals surface area (Å²) in [5.74, 6) is -1.08. The predicted molar refractivity (Wildman–Crippen MR) is 77.5 cm³/mol. The van der Waals surface area contributed by atoms with Crippen LogP contribution in [0.2, 0.25) is 0 Å². The Balaban J connectivity index is 2.45. The molecule has 0 heterocycles. The summed E-state index contributed by atoms with van der Waals surface area (Å²) in [6, 6.07) is 6.59. The maximum absolute atomic E-state index is 11.7. The number of rotatable bonds is 7. The molecule has 0 bridgehead atoms. The summed E-state index contributed by atoms with van der Waals surface area (Å²) in [7, 11) is 0. The lowest BCUT2D eigenvalue weighted by atomic mass is 10.1. The number of amides is 2. The molecule has 112 valence electrons. The van der Waals surface area contributed by atoms with Crippen molar-refractivity contribution in [2.24, 2.45) is 0 Å². The van der Waals surface area contributed by atoms with Gasteiger partial charge in [-0.15, -0.1) is 6.58 Å². The third-order valence-electron chi connectivity index (χ3n) is 2.51. The molecule has 0 aromatic heterocycles. The highest BCUT2D eigenvalue weighted by Gasteiger charge is 2.09. The number of esters is 1. The first-order chi connectivity index (χ1) is 10.0. The van der Waals surface area contributed by atoms with Gasteiger partial charge in [0.15, 0.2) is 6.61 Å². The average Bonchev–Trinajstić information content (AvgIpc) is 2.49. The molecule has 0 aliphatic heterocycles. The van der Waals surface area contributed by atoms with Crippen molar-refractivity contribution < 1.29 is 19.1 Å². The molecule has 21 heavy (non-hydrogen) atoms. The molecule has 1 rings (SSSR count). The molecule has 2 N–H and O–H groups in total. The quantitative estimate of drug-likeness (QED) is 0.574. The molecular weight excluding hydrogens is 272 g/mol. The SMILES string of the molecule is C=CCNC(=O)COC(=O)c1ccc(CNC(C)=O)cc1. The largest absolute Gasteiger partial charge is 0.452 e. The van der Waals surface area contributed by atoms with E-state index in [1.54, 1.807) is 24.3 Å². The van der Waals surface area contributed by atoms with Gasteiger partial charge in [0.2, 0.25) is 5.91 Å². The van der Waals surface area contributed by atoms with Crippen molar-refractivity contribution in [3.8, 4) is 0 Å². The molecule has 6 heteroatoms. The third-order valence-corrected chi connectivity index (χ3v) is 2.51. The van der Waals surface area contributed by atoms with Crippen LogP contribution in [0.5, 0.6) is 0 Å². The second-order valence-electron chi connectivity index (χ2n) is 4.28. The van der Waals surface area contributed by atoms with Crippen molar-refractivity contribution in [3.05, 3.63) is 48.0 Å². The molecule has 0 saturated carbocycles. The topological polar surface area (TPSA) is 84.5 Å². The van der Waals surface area contributed by atoms with Gasteiger partial charge in [0.1, 0.15) is 0 Å². The maximum Gasteiger partial charge on any atom is 0.338 e. The number of hydrogen-bond acceptors (Lipinski definition) is 4. The Morgan fingerprint density at radius 2 is 1.86 bits per heavy atom. The monoisotopic (exact) mass is 290 g/mol. The van der Waals surface area contributed by atoms with Crippen molar-refractivity contribution in [1.29, 1.82) is 0 Å². The Kier molecular flexibility index (Phi) is 6.67. The lowest BCUT2D eigenvalue weighted by molar-refractivity contribution is -0.124. The molecule has 0 aliphatic carbocycles. The zero-order valence-electron chi connectivity index (χ0n) is 11.8. The van der Waals surface area contributed by atoms with Crippen LogP contribution in [-0.2, 0) is 20.9 Å². The molecule has 0 spiro atoms. The summed E-state index contributed by atoms with van der Waals surface area (Å²) in [5, 5.41) is 5.16. The Hall–Kier alpha value is -2.63. The average molecular weight is 290 g/mol. The second kappa shape index (κ2) is 8.52. The number of carbonyl (C=O) groups is 3. The van der Waals surface area contributed by atoms with Gasteiger partial charge in [-0.1, -0.05) is 18.2 Å². The normalized spacial score (nSPS) is 9.57. The van der Waals surface area contributed by atoms with Gasteiger partial charge in [-0.05, 0) is 17.7 Å². The lowest BCUT2D eigenvalue weighted by Crippen LogP contribution is -2.28. The summed E-state index contributed by atoms with van der Waals surface area (Å²) in [6.45, 7) is 5.29. The second-order valence-corrected chi connectivity index (χ2v) is 4.28. The summed E-state index contributed by atoms with van der Waals surface area (Å²) in [4.78, 5) is 33.8. The van der Waals surface area contributed by atoms with E-state index in [-0.39, 0.29) is 18.4 Å². The van der Waals surface area contributed by atoms with Crippen LogP contribution >= 0.6 is 0 Å². The number of benzene rings is 1. The van der Waals surface area contributed by atoms with Gasteiger partial charge < -0.3 is 15.4 Å². The molecule has 6 nitrogen and oxygen atoms in total. The van der Waals surface area contributed by atoms with Crippen molar-refractivity contribution >= 4 is 17.8 Å². The fraction of sp³-hybridized carbons (Fsp3) is 0.267. The van der Waals surface area contributed by atoms with Crippen LogP contribution in [-0.4, -0.2) is 30.9 Å². The van der Waals surface area contributed by atoms with Gasteiger partial charge in [0.25, 0.3) is 5.91 Å². The highest BCUT2D eigenvalue weighted by Crippen LogP contribution is 2.06. The molecular formula is C15H18N2O4. The maximum atomic E-state index is 11.7. The molecule has 0 saturated heterocycles. The van der Waals surface area contributed by atoms with Crippen LogP contribution in [0.3, 0.4) is 0 Å². The van der Waals surface area contributed by atoms with Gasteiger partial charge >= 0.3 is 5.97 Å². The van der Waals surface area contributed by atoms with E-state index in [1.807, 2.05) is 0 Å². The Bertz CT molecular complexity index is 523. The highest BCUT2D eigenvalue weighted by molar-refractivity contribution is 5.91. The van der Waals surface area contributed by atoms with Crippen LogP contribution in [0.25, 0.3) is 0 Å². The number of nitrogens with one attached hydrogen (secondary N) is 2. The summed E-state index contributed by atoms with van der Waals surface area (Å²) in [6.07, 6.45) is 1.54. The third kappa shape index (κ3) is 6.38.